The van der Waals surface area contributed by atoms with E-state index in [4.69, 9.17) is 10.5 Å². The summed E-state index contributed by atoms with van der Waals surface area (Å²) in [6, 6.07) is 2.69. The van der Waals surface area contributed by atoms with Crippen LogP contribution in [0.5, 0.6) is 11.6 Å². The van der Waals surface area contributed by atoms with Gasteiger partial charge in [-0.3, -0.25) is 4.79 Å². The van der Waals surface area contributed by atoms with Crippen LogP contribution in [0, 0.1) is 11.6 Å². The number of aromatic nitrogens is 3. The van der Waals surface area contributed by atoms with E-state index in [1.807, 2.05) is 0 Å². The molecule has 0 atom stereocenters. The van der Waals surface area contributed by atoms with Crippen LogP contribution >= 0.6 is 0 Å². The van der Waals surface area contributed by atoms with Crippen LogP contribution in [0.4, 0.5) is 8.78 Å². The third-order valence-electron chi connectivity index (χ3n) is 3.21. The predicted octanol–water partition coefficient (Wildman–Crippen LogP) is 1.69. The van der Waals surface area contributed by atoms with Crippen molar-refractivity contribution in [2.24, 2.45) is 5.73 Å². The molecule has 0 spiro atoms. The Morgan fingerprint density at radius 3 is 2.72 bits per heavy atom. The zero-order valence-corrected chi connectivity index (χ0v) is 12.4. The zero-order valence-electron chi connectivity index (χ0n) is 12.4. The molecule has 8 nitrogen and oxygen atoms in total. The molecule has 0 aliphatic heterocycles. The first-order valence-corrected chi connectivity index (χ1v) is 6.85. The quantitative estimate of drug-likeness (QED) is 0.724. The van der Waals surface area contributed by atoms with Crippen molar-refractivity contribution in [1.82, 2.24) is 14.5 Å². The van der Waals surface area contributed by atoms with Gasteiger partial charge in [0.1, 0.15) is 23.4 Å². The Balaban J connectivity index is 2.05. The van der Waals surface area contributed by atoms with E-state index in [0.29, 0.717) is 6.07 Å². The minimum atomic E-state index is -1.30. The van der Waals surface area contributed by atoms with Gasteiger partial charge in [-0.25, -0.2) is 23.5 Å². The van der Waals surface area contributed by atoms with Crippen LogP contribution in [-0.2, 0) is 11.3 Å². The first-order valence-electron chi connectivity index (χ1n) is 6.85. The number of carboxylic acids is 1. The number of fused-ring (bicyclic) bond motifs is 1. The van der Waals surface area contributed by atoms with Crippen molar-refractivity contribution >= 4 is 23.0 Å². The Morgan fingerprint density at radius 2 is 2.08 bits per heavy atom. The molecular weight excluding hydrogens is 338 g/mol. The van der Waals surface area contributed by atoms with Gasteiger partial charge in [0, 0.05) is 12.3 Å². The van der Waals surface area contributed by atoms with E-state index >= 15 is 0 Å². The summed E-state index contributed by atoms with van der Waals surface area (Å²) in [5.41, 5.74) is 4.92. The highest BCUT2D eigenvalue weighted by molar-refractivity contribution is 6.01. The van der Waals surface area contributed by atoms with Gasteiger partial charge in [0.2, 0.25) is 11.8 Å². The number of carboxylic acid groups (broad SMARTS) is 1. The third-order valence-corrected chi connectivity index (χ3v) is 3.21. The number of ether oxygens (including phenoxy) is 1. The summed E-state index contributed by atoms with van der Waals surface area (Å²) in [7, 11) is 0. The van der Waals surface area contributed by atoms with Crippen molar-refractivity contribution < 1.29 is 28.2 Å². The number of rotatable bonds is 5. The van der Waals surface area contributed by atoms with Gasteiger partial charge in [0.15, 0.2) is 17.2 Å². The molecule has 2 heterocycles. The van der Waals surface area contributed by atoms with Gasteiger partial charge in [0.05, 0.1) is 6.20 Å². The molecule has 3 rings (SSSR count). The zero-order chi connectivity index (χ0) is 18.1. The Labute approximate surface area is 138 Å². The molecule has 3 N–H and O–H groups in total. The van der Waals surface area contributed by atoms with E-state index in [0.717, 1.165) is 18.3 Å². The van der Waals surface area contributed by atoms with Gasteiger partial charge in [-0.1, -0.05) is 0 Å². The number of amides is 1. The van der Waals surface area contributed by atoms with Gasteiger partial charge in [0.25, 0.3) is 0 Å². The number of halogens is 2. The molecule has 10 heteroatoms. The van der Waals surface area contributed by atoms with Gasteiger partial charge >= 0.3 is 5.97 Å². The topological polar surface area (TPSA) is 120 Å². The van der Waals surface area contributed by atoms with Crippen molar-refractivity contribution in [3.8, 4) is 11.6 Å². The molecular formula is C15H10F2N4O4. The van der Waals surface area contributed by atoms with Crippen LogP contribution in [0.2, 0.25) is 0 Å². The van der Waals surface area contributed by atoms with Gasteiger partial charge in [-0.2, -0.15) is 0 Å². The SMILES string of the molecule is NC(=O)Cn1cc(C(=O)O)c2nc(Oc3ccc(F)cc3F)cnc21. The van der Waals surface area contributed by atoms with Crippen LogP contribution in [0.3, 0.4) is 0 Å². The average Bonchev–Trinajstić information content (AvgIpc) is 2.88. The summed E-state index contributed by atoms with van der Waals surface area (Å²) in [6.07, 6.45) is 2.29. The maximum absolute atomic E-state index is 13.6. The van der Waals surface area contributed by atoms with Gasteiger partial charge in [-0.15, -0.1) is 0 Å². The van der Waals surface area contributed by atoms with E-state index in [-0.39, 0.29) is 34.9 Å². The second-order valence-corrected chi connectivity index (χ2v) is 5.00. The fraction of sp³-hybridized carbons (Fsp3) is 0.0667. The normalized spacial score (nSPS) is 10.8. The first-order chi connectivity index (χ1) is 11.8. The van der Waals surface area contributed by atoms with E-state index in [9.17, 15) is 23.5 Å². The molecule has 0 saturated heterocycles. The second kappa shape index (κ2) is 6.15. The summed E-state index contributed by atoms with van der Waals surface area (Å²) in [4.78, 5) is 30.4. The monoisotopic (exact) mass is 348 g/mol. The molecule has 0 saturated carbocycles. The highest BCUT2D eigenvalue weighted by Crippen LogP contribution is 2.26. The molecule has 0 bridgehead atoms. The lowest BCUT2D eigenvalue weighted by Gasteiger charge is -2.06. The number of benzene rings is 1. The molecule has 0 aliphatic rings. The highest BCUT2D eigenvalue weighted by Gasteiger charge is 2.19. The summed E-state index contributed by atoms with van der Waals surface area (Å²) in [6.45, 7) is -0.286. The first kappa shape index (κ1) is 16.3. The minimum Gasteiger partial charge on any atom is -0.478 e. The Morgan fingerprint density at radius 1 is 1.32 bits per heavy atom. The van der Waals surface area contributed by atoms with Crippen LogP contribution in [0.15, 0.2) is 30.6 Å². The third kappa shape index (κ3) is 3.22. The number of aromatic carboxylic acids is 1. The lowest BCUT2D eigenvalue weighted by Crippen LogP contribution is -2.18. The number of hydrogen-bond acceptors (Lipinski definition) is 5. The standard InChI is InChI=1S/C15H10F2N4O4/c16-7-1-2-10(9(17)3-7)25-12-4-19-14-13(20-12)8(15(23)24)5-21(14)6-11(18)22/h1-5H,6H2,(H2,18,22)(H,23,24). The Hall–Kier alpha value is -3.56. The summed E-state index contributed by atoms with van der Waals surface area (Å²) in [5, 5.41) is 9.25. The predicted molar refractivity (Wildman–Crippen MR) is 80.1 cm³/mol. The Bertz CT molecular complexity index is 1000. The van der Waals surface area contributed by atoms with Crippen molar-refractivity contribution in [2.45, 2.75) is 6.54 Å². The van der Waals surface area contributed by atoms with E-state index in [1.165, 1.54) is 10.8 Å². The van der Waals surface area contributed by atoms with Crippen molar-refractivity contribution in [3.63, 3.8) is 0 Å². The van der Waals surface area contributed by atoms with Crippen LogP contribution in [-0.4, -0.2) is 31.5 Å². The number of nitrogens with zero attached hydrogens (tertiary/aromatic N) is 3. The molecule has 0 radical (unpaired) electrons. The number of nitrogens with two attached hydrogens (primary N) is 1. The number of hydrogen-bond donors (Lipinski definition) is 2. The minimum absolute atomic E-state index is 0.0613. The number of primary amides is 1. The maximum atomic E-state index is 13.6. The van der Waals surface area contributed by atoms with E-state index < -0.39 is 23.5 Å². The molecule has 128 valence electrons. The Kier molecular flexibility index (Phi) is 4.01. The van der Waals surface area contributed by atoms with Crippen molar-refractivity contribution in [1.29, 1.82) is 0 Å². The number of carbonyl (C=O) groups is 2. The highest BCUT2D eigenvalue weighted by atomic mass is 19.1. The summed E-state index contributed by atoms with van der Waals surface area (Å²) in [5.74, 6) is -4.22. The lowest BCUT2D eigenvalue weighted by atomic mass is 10.3. The van der Waals surface area contributed by atoms with E-state index in [2.05, 4.69) is 9.97 Å². The fourth-order valence-electron chi connectivity index (χ4n) is 2.20. The van der Waals surface area contributed by atoms with Crippen molar-refractivity contribution in [3.05, 3.63) is 47.8 Å². The molecule has 0 fully saturated rings. The lowest BCUT2D eigenvalue weighted by molar-refractivity contribution is -0.118. The van der Waals surface area contributed by atoms with Crippen LogP contribution < -0.4 is 10.5 Å². The molecule has 1 amide bonds. The smallest absolute Gasteiger partial charge is 0.339 e. The molecule has 3 aromatic rings. The molecule has 25 heavy (non-hydrogen) atoms. The average molecular weight is 348 g/mol. The summed E-state index contributed by atoms with van der Waals surface area (Å²) < 4.78 is 33.0. The second-order valence-electron chi connectivity index (χ2n) is 5.00. The molecule has 1 aromatic carbocycles. The molecule has 2 aromatic heterocycles. The van der Waals surface area contributed by atoms with Crippen LogP contribution in [0.25, 0.3) is 11.2 Å². The largest absolute Gasteiger partial charge is 0.478 e. The van der Waals surface area contributed by atoms with Gasteiger partial charge < -0.3 is 20.1 Å². The van der Waals surface area contributed by atoms with Crippen LogP contribution in [0.1, 0.15) is 10.4 Å². The van der Waals surface area contributed by atoms with E-state index in [1.54, 1.807) is 0 Å². The molecule has 0 aliphatic carbocycles. The fourth-order valence-corrected chi connectivity index (χ4v) is 2.20. The number of carbonyl (C=O) groups excluding carboxylic acids is 1. The maximum Gasteiger partial charge on any atom is 0.339 e. The molecule has 0 unspecified atom stereocenters. The summed E-state index contributed by atoms with van der Waals surface area (Å²) >= 11 is 0. The van der Waals surface area contributed by atoms with Gasteiger partial charge in [-0.05, 0) is 12.1 Å². The van der Waals surface area contributed by atoms with Crippen molar-refractivity contribution in [2.75, 3.05) is 0 Å².